The molecule has 0 unspecified atom stereocenters. The minimum atomic E-state index is -0.687. The molecule has 4 aromatic carbocycles. The van der Waals surface area contributed by atoms with Crippen molar-refractivity contribution in [1.82, 2.24) is 4.98 Å². The number of phenolic OH excluding ortho intramolecular Hbond substituents is 3. The summed E-state index contributed by atoms with van der Waals surface area (Å²) in [6, 6.07) is 22.6. The van der Waals surface area contributed by atoms with E-state index in [1.54, 1.807) is 24.5 Å². The molecule has 0 spiro atoms. The maximum absolute atomic E-state index is 10.7. The Morgan fingerprint density at radius 1 is 0.940 bits per heavy atom. The van der Waals surface area contributed by atoms with Crippen LogP contribution in [0, 0.1) is 0 Å². The average molecular weight is 649 g/mol. The Bertz CT molecular complexity index is 2240. The number of aromatic nitrogens is 1. The van der Waals surface area contributed by atoms with Crippen LogP contribution in [0.15, 0.2) is 137 Å². The minimum Gasteiger partial charge on any atom is -0.508 e. The van der Waals surface area contributed by atoms with E-state index in [9.17, 15) is 15.3 Å². The molecule has 8 heteroatoms. The maximum atomic E-state index is 10.7. The second kappa shape index (κ2) is 15.0. The zero-order valence-corrected chi connectivity index (χ0v) is 27.4. The molecular weight excluding hydrogens is 616 g/mol. The number of aliphatic imine (C=N–C) groups is 2. The van der Waals surface area contributed by atoms with Gasteiger partial charge in [0, 0.05) is 23.5 Å². The highest BCUT2D eigenvalue weighted by atomic mass is 16.3. The number of benzene rings is 4. The van der Waals surface area contributed by atoms with Crippen molar-refractivity contribution in [1.29, 1.82) is 0 Å². The Kier molecular flexibility index (Phi) is 10.1. The van der Waals surface area contributed by atoms with Crippen molar-refractivity contribution in [2.24, 2.45) is 9.98 Å². The average Bonchev–Trinajstić information content (AvgIpc) is 3.16. The molecule has 4 radical (unpaired) electrons. The largest absolute Gasteiger partial charge is 0.508 e. The first-order valence-electron chi connectivity index (χ1n) is 16.1. The fourth-order valence-corrected chi connectivity index (χ4v) is 6.09. The Hall–Kier alpha value is -6.14. The van der Waals surface area contributed by atoms with Crippen molar-refractivity contribution < 1.29 is 15.3 Å². The van der Waals surface area contributed by atoms with Gasteiger partial charge in [-0.25, -0.2) is 0 Å². The molecule has 6 nitrogen and oxygen atoms in total. The summed E-state index contributed by atoms with van der Waals surface area (Å²) in [5.41, 5.74) is 7.67. The van der Waals surface area contributed by atoms with Crippen molar-refractivity contribution in [3.8, 4) is 28.4 Å². The van der Waals surface area contributed by atoms with Crippen LogP contribution in [-0.2, 0) is 13.0 Å². The lowest BCUT2D eigenvalue weighted by Crippen LogP contribution is -2.19. The maximum Gasteiger partial charge on any atom is 0.153 e. The third-order valence-corrected chi connectivity index (χ3v) is 8.72. The van der Waals surface area contributed by atoms with Gasteiger partial charge >= 0.3 is 0 Å². The van der Waals surface area contributed by atoms with Crippen LogP contribution in [0.2, 0.25) is 0 Å². The summed E-state index contributed by atoms with van der Waals surface area (Å²) in [6.07, 6.45) is 18.9. The second-order valence-electron chi connectivity index (χ2n) is 11.8. The molecule has 5 aromatic rings. The molecule has 0 aliphatic heterocycles. The number of pyridine rings is 1. The Morgan fingerprint density at radius 3 is 2.46 bits per heavy atom. The van der Waals surface area contributed by atoms with E-state index in [4.69, 9.17) is 20.7 Å². The first-order chi connectivity index (χ1) is 24.3. The van der Waals surface area contributed by atoms with E-state index in [-0.39, 0.29) is 23.0 Å². The molecule has 0 amide bonds. The van der Waals surface area contributed by atoms with Gasteiger partial charge in [0.25, 0.3) is 0 Å². The van der Waals surface area contributed by atoms with Gasteiger partial charge < -0.3 is 15.3 Å². The number of rotatable bonds is 10. The van der Waals surface area contributed by atoms with Crippen LogP contribution < -0.4 is 10.9 Å². The van der Waals surface area contributed by atoms with Crippen LogP contribution in [-0.4, -0.2) is 48.4 Å². The first-order valence-corrected chi connectivity index (χ1v) is 16.1. The number of hydrogen-bond donors (Lipinski definition) is 3. The fraction of sp³-hybridized carbons (Fsp3) is 0.0714. The molecule has 240 valence electrons. The van der Waals surface area contributed by atoms with Gasteiger partial charge in [-0.1, -0.05) is 97.6 Å². The molecule has 0 atom stereocenters. The highest BCUT2D eigenvalue weighted by Gasteiger charge is 2.19. The molecule has 50 heavy (non-hydrogen) atoms. The van der Waals surface area contributed by atoms with E-state index in [1.807, 2.05) is 42.5 Å². The summed E-state index contributed by atoms with van der Waals surface area (Å²) in [4.78, 5) is 13.3. The van der Waals surface area contributed by atoms with E-state index in [0.717, 1.165) is 29.5 Å². The molecular formula is C42H33B2N3O3. The quantitative estimate of drug-likeness (QED) is 0.0501. The van der Waals surface area contributed by atoms with Crippen molar-refractivity contribution in [2.45, 2.75) is 19.4 Å². The highest BCUT2D eigenvalue weighted by Crippen LogP contribution is 2.37. The second-order valence-corrected chi connectivity index (χ2v) is 11.8. The van der Waals surface area contributed by atoms with Gasteiger partial charge in [-0.2, -0.15) is 0 Å². The van der Waals surface area contributed by atoms with E-state index in [0.29, 0.717) is 17.0 Å². The van der Waals surface area contributed by atoms with Gasteiger partial charge in [-0.15, -0.1) is 0 Å². The Morgan fingerprint density at radius 2 is 1.72 bits per heavy atom. The molecule has 1 aromatic heterocycles. The van der Waals surface area contributed by atoms with Crippen molar-refractivity contribution >= 4 is 62.0 Å². The van der Waals surface area contributed by atoms with Gasteiger partial charge in [0.1, 0.15) is 27.2 Å². The predicted molar refractivity (Wildman–Crippen MR) is 208 cm³/mol. The molecule has 1 aliphatic carbocycles. The van der Waals surface area contributed by atoms with E-state index in [2.05, 4.69) is 77.9 Å². The lowest BCUT2D eigenvalue weighted by atomic mass is 9.81. The summed E-state index contributed by atoms with van der Waals surface area (Å²) in [6.45, 7) is 7.54. The normalized spacial score (nSPS) is 13.5. The SMILES string of the molecule is [B]c1c(O)c(O)c([B])c(CN=C(/C=C(N=C)/C(/C=C/c2cccnc2)=C/C=C)c2ccc(-c3cc4ccccc4c4c3CCC=C4)cc2)c1O. The molecule has 0 bridgehead atoms. The number of phenols is 3. The van der Waals surface area contributed by atoms with Gasteiger partial charge in [-0.05, 0) is 92.8 Å². The predicted octanol–water partition coefficient (Wildman–Crippen LogP) is 6.97. The van der Waals surface area contributed by atoms with Crippen LogP contribution >= 0.6 is 0 Å². The van der Waals surface area contributed by atoms with Gasteiger partial charge in [0.15, 0.2) is 5.75 Å². The summed E-state index contributed by atoms with van der Waals surface area (Å²) in [7, 11) is 11.9. The third kappa shape index (κ3) is 6.87. The topological polar surface area (TPSA) is 98.3 Å². The zero-order valence-electron chi connectivity index (χ0n) is 27.4. The summed E-state index contributed by atoms with van der Waals surface area (Å²) in [5.74, 6) is -1.76. The van der Waals surface area contributed by atoms with Gasteiger partial charge in [0.2, 0.25) is 0 Å². The number of hydrogen-bond acceptors (Lipinski definition) is 6. The molecule has 0 saturated carbocycles. The smallest absolute Gasteiger partial charge is 0.153 e. The molecule has 0 saturated heterocycles. The molecule has 3 N–H and O–H groups in total. The highest BCUT2D eigenvalue weighted by molar-refractivity contribution is 6.41. The minimum absolute atomic E-state index is 0.0719. The summed E-state index contributed by atoms with van der Waals surface area (Å²) >= 11 is 0. The Labute approximate surface area is 294 Å². The summed E-state index contributed by atoms with van der Waals surface area (Å²) < 4.78 is 0. The third-order valence-electron chi connectivity index (χ3n) is 8.72. The number of fused-ring (bicyclic) bond motifs is 3. The summed E-state index contributed by atoms with van der Waals surface area (Å²) in [5, 5.41) is 33.6. The number of allylic oxidation sites excluding steroid dienone is 5. The van der Waals surface area contributed by atoms with E-state index in [1.165, 1.54) is 27.5 Å². The zero-order chi connectivity index (χ0) is 35.2. The van der Waals surface area contributed by atoms with Crippen molar-refractivity contribution in [3.05, 3.63) is 155 Å². The van der Waals surface area contributed by atoms with Crippen LogP contribution in [0.25, 0.3) is 34.1 Å². The molecule has 0 fully saturated rings. The van der Waals surface area contributed by atoms with Crippen LogP contribution in [0.3, 0.4) is 0 Å². The van der Waals surface area contributed by atoms with Gasteiger partial charge in [-0.3, -0.25) is 15.0 Å². The fourth-order valence-electron chi connectivity index (χ4n) is 6.09. The standard InChI is InChI=1S/C42H33B2N3O3/c1-3-9-28(16-15-26-10-8-21-46-24-26)36(45-2)23-37(47-25-35-38(43)41(49)42(50)39(44)40(35)48)29-19-17-27(18-20-29)34-22-30-11-4-5-12-31(30)32-13-6-7-14-33(32)34/h3-6,8-13,15-24,48-50H,1-2,7,14,25H2/b16-15+,28-9+,36-23-,47-37?. The monoisotopic (exact) mass is 649 g/mol. The van der Waals surface area contributed by atoms with Crippen molar-refractivity contribution in [2.75, 3.05) is 0 Å². The molecule has 6 rings (SSSR count). The lowest BCUT2D eigenvalue weighted by molar-refractivity contribution is 0.403. The van der Waals surface area contributed by atoms with Crippen LogP contribution in [0.4, 0.5) is 0 Å². The van der Waals surface area contributed by atoms with Crippen LogP contribution in [0.1, 0.15) is 34.2 Å². The van der Waals surface area contributed by atoms with Crippen LogP contribution in [0.5, 0.6) is 17.2 Å². The first kappa shape index (κ1) is 33.7. The molecule has 1 heterocycles. The van der Waals surface area contributed by atoms with Crippen molar-refractivity contribution in [3.63, 3.8) is 0 Å². The lowest BCUT2D eigenvalue weighted by Gasteiger charge is -2.19. The Balaban J connectivity index is 1.46. The molecule has 1 aliphatic rings. The van der Waals surface area contributed by atoms with E-state index < -0.39 is 17.2 Å². The van der Waals surface area contributed by atoms with Gasteiger partial charge in [0.05, 0.1) is 18.0 Å². The number of nitrogens with zero attached hydrogens (tertiary/aromatic N) is 3. The van der Waals surface area contributed by atoms with E-state index >= 15 is 0 Å². The number of aromatic hydroxyl groups is 3.